The summed E-state index contributed by atoms with van der Waals surface area (Å²) in [6.45, 7) is 1.57. The minimum atomic E-state index is -4.48. The fourth-order valence-corrected chi connectivity index (χ4v) is 4.67. The summed E-state index contributed by atoms with van der Waals surface area (Å²) in [7, 11) is 0. The van der Waals surface area contributed by atoms with Gasteiger partial charge >= 0.3 is 166 Å². The second-order valence-electron chi connectivity index (χ2n) is 6.17. The second-order valence-corrected chi connectivity index (χ2v) is 9.03. The Kier molecular flexibility index (Phi) is 7.28. The van der Waals surface area contributed by atoms with Crippen molar-refractivity contribution < 1.29 is 22.7 Å². The molecule has 0 saturated carbocycles. The first-order valence-electron chi connectivity index (χ1n) is 7.92. The van der Waals surface area contributed by atoms with Gasteiger partial charge in [-0.2, -0.15) is 0 Å². The van der Waals surface area contributed by atoms with Gasteiger partial charge in [0, 0.05) is 0 Å². The molecule has 0 saturated heterocycles. The number of nitrogens with zero attached hydrogens (tertiary/aromatic N) is 1. The van der Waals surface area contributed by atoms with E-state index in [1.165, 1.54) is 26.1 Å². The van der Waals surface area contributed by atoms with E-state index >= 15 is 0 Å². The first kappa shape index (κ1) is 21.7. The molecule has 27 heavy (non-hydrogen) atoms. The number of ether oxygens (including phenoxy) is 1. The van der Waals surface area contributed by atoms with Crippen LogP contribution in [0.25, 0.3) is 0 Å². The van der Waals surface area contributed by atoms with Gasteiger partial charge in [0.2, 0.25) is 0 Å². The second kappa shape index (κ2) is 9.06. The van der Waals surface area contributed by atoms with Crippen LogP contribution < -0.4 is 9.78 Å². The molecule has 1 heterocycles. The van der Waals surface area contributed by atoms with E-state index in [1.54, 1.807) is 6.07 Å². The van der Waals surface area contributed by atoms with Crippen LogP contribution in [0.2, 0.25) is 9.97 Å². The maximum atomic E-state index is 12.9. The van der Waals surface area contributed by atoms with Gasteiger partial charge in [-0.1, -0.05) is 0 Å². The summed E-state index contributed by atoms with van der Waals surface area (Å²) >= 11 is 5.36. The van der Waals surface area contributed by atoms with E-state index in [0.29, 0.717) is 5.69 Å². The van der Waals surface area contributed by atoms with Crippen LogP contribution in [0, 0.1) is 0 Å². The summed E-state index contributed by atoms with van der Waals surface area (Å²) in [6.07, 6.45) is -3.04. The predicted octanol–water partition coefficient (Wildman–Crippen LogP) is 3.85. The number of halogens is 4. The Bertz CT molecular complexity index is 773. The van der Waals surface area contributed by atoms with Crippen LogP contribution in [0.5, 0.6) is 0 Å². The molecule has 4 nitrogen and oxygen atoms in total. The molecule has 1 aromatic heterocycles. The van der Waals surface area contributed by atoms with Crippen molar-refractivity contribution in [2.24, 2.45) is 0 Å². The molecule has 1 aromatic carbocycles. The van der Waals surface area contributed by atoms with E-state index in [0.717, 1.165) is 4.46 Å². The number of alkyl halides is 3. The zero-order valence-electron chi connectivity index (χ0n) is 14.6. The molecule has 1 unspecified atom stereocenters. The number of aromatic nitrogens is 1. The third-order valence-corrected chi connectivity index (χ3v) is 6.95. The summed E-state index contributed by atoms with van der Waals surface area (Å²) in [5.74, 6) is -0.437. The summed E-state index contributed by atoms with van der Waals surface area (Å²) in [5.41, 5.74) is -0.910. The number of nitrogens with one attached hydrogen (secondary N) is 1. The molecule has 0 spiro atoms. The number of carbonyl (C=O) groups is 1. The summed E-state index contributed by atoms with van der Waals surface area (Å²) in [4.78, 5) is 15.9. The summed E-state index contributed by atoms with van der Waals surface area (Å²) in [6, 6.07) is 12.2. The normalized spacial score (nSPS) is 13.3. The van der Waals surface area contributed by atoms with Crippen molar-refractivity contribution in [3.8, 4) is 0 Å². The standard InChI is InChI=1S/C18H18ClF3N2O2Se/c1-17(2,26-11-18(20,21)22)15(27-13-6-4-3-5-7-13)16(25)24-12-8-9-23-14(19)10-12/h3-10,15H,11H2,1-2H3,(H,23,24,25). The van der Waals surface area contributed by atoms with Crippen LogP contribution in [0.15, 0.2) is 48.7 Å². The van der Waals surface area contributed by atoms with Crippen molar-refractivity contribution >= 4 is 42.6 Å². The number of hydrogen-bond acceptors (Lipinski definition) is 3. The van der Waals surface area contributed by atoms with E-state index in [1.807, 2.05) is 30.3 Å². The predicted molar refractivity (Wildman–Crippen MR) is 99.5 cm³/mol. The van der Waals surface area contributed by atoms with Crippen molar-refractivity contribution in [2.75, 3.05) is 11.9 Å². The van der Waals surface area contributed by atoms with Gasteiger partial charge in [0.15, 0.2) is 0 Å². The third-order valence-electron chi connectivity index (χ3n) is 3.47. The monoisotopic (exact) mass is 466 g/mol. The number of anilines is 1. The average molecular weight is 466 g/mol. The molecular formula is C18H18ClF3N2O2Se. The summed E-state index contributed by atoms with van der Waals surface area (Å²) in [5, 5.41) is 2.90. The topological polar surface area (TPSA) is 51.2 Å². The van der Waals surface area contributed by atoms with E-state index in [-0.39, 0.29) is 5.15 Å². The van der Waals surface area contributed by atoms with Gasteiger partial charge in [0.05, 0.1) is 0 Å². The molecule has 2 rings (SSSR count). The van der Waals surface area contributed by atoms with Crippen molar-refractivity contribution in [1.82, 2.24) is 4.98 Å². The molecule has 1 atom stereocenters. The molecule has 9 heteroatoms. The van der Waals surface area contributed by atoms with Crippen LogP contribution in [0.1, 0.15) is 13.8 Å². The average Bonchev–Trinajstić information content (AvgIpc) is 2.58. The van der Waals surface area contributed by atoms with Gasteiger partial charge in [-0.3, -0.25) is 0 Å². The maximum absolute atomic E-state index is 12.9. The van der Waals surface area contributed by atoms with Crippen molar-refractivity contribution in [1.29, 1.82) is 0 Å². The number of rotatable bonds is 7. The zero-order valence-corrected chi connectivity index (χ0v) is 17.1. The Morgan fingerprint density at radius 2 is 1.93 bits per heavy atom. The molecule has 0 aliphatic rings. The van der Waals surface area contributed by atoms with Gasteiger partial charge in [0.1, 0.15) is 0 Å². The Morgan fingerprint density at radius 1 is 1.26 bits per heavy atom. The van der Waals surface area contributed by atoms with Crippen molar-refractivity contribution in [3.63, 3.8) is 0 Å². The fourth-order valence-electron chi connectivity index (χ4n) is 2.18. The van der Waals surface area contributed by atoms with Gasteiger partial charge in [0.25, 0.3) is 0 Å². The first-order chi connectivity index (χ1) is 12.6. The van der Waals surface area contributed by atoms with Crippen molar-refractivity contribution in [3.05, 3.63) is 53.8 Å². The van der Waals surface area contributed by atoms with Crippen LogP contribution in [0.4, 0.5) is 18.9 Å². The molecule has 0 bridgehead atoms. The molecule has 1 N–H and O–H groups in total. The van der Waals surface area contributed by atoms with E-state index < -0.39 is 44.1 Å². The molecule has 0 aliphatic carbocycles. The van der Waals surface area contributed by atoms with Crippen molar-refractivity contribution in [2.45, 2.75) is 30.4 Å². The number of hydrogen-bond donors (Lipinski definition) is 1. The van der Waals surface area contributed by atoms with Gasteiger partial charge in [-0.05, 0) is 0 Å². The molecular weight excluding hydrogens is 448 g/mol. The number of carbonyl (C=O) groups excluding carboxylic acids is 1. The number of benzene rings is 1. The zero-order chi connectivity index (χ0) is 20.1. The third kappa shape index (κ3) is 7.14. The summed E-state index contributed by atoms with van der Waals surface area (Å²) < 4.78 is 43.9. The first-order valence-corrected chi connectivity index (χ1v) is 10.1. The Balaban J connectivity index is 2.23. The van der Waals surface area contributed by atoms with Crippen LogP contribution in [-0.2, 0) is 9.53 Å². The SMILES string of the molecule is CC(C)(OCC(F)(F)F)C([Se]c1ccccc1)C(=O)Nc1ccnc(Cl)c1. The molecule has 2 aromatic rings. The molecule has 0 fully saturated rings. The van der Waals surface area contributed by atoms with Gasteiger partial charge < -0.3 is 0 Å². The van der Waals surface area contributed by atoms with Crippen LogP contribution in [-0.4, -0.2) is 44.2 Å². The van der Waals surface area contributed by atoms with Crippen LogP contribution in [0.3, 0.4) is 0 Å². The minimum absolute atomic E-state index is 0.200. The number of amides is 1. The Morgan fingerprint density at radius 3 is 2.52 bits per heavy atom. The fraction of sp³-hybridized carbons (Fsp3) is 0.333. The number of pyridine rings is 1. The molecule has 0 radical (unpaired) electrons. The van der Waals surface area contributed by atoms with Gasteiger partial charge in [-0.25, -0.2) is 0 Å². The van der Waals surface area contributed by atoms with E-state index in [9.17, 15) is 18.0 Å². The van der Waals surface area contributed by atoms with E-state index in [2.05, 4.69) is 10.3 Å². The molecule has 0 aliphatic heterocycles. The Labute approximate surface area is 166 Å². The van der Waals surface area contributed by atoms with Gasteiger partial charge in [-0.15, -0.1) is 0 Å². The molecule has 146 valence electrons. The van der Waals surface area contributed by atoms with Crippen LogP contribution >= 0.6 is 11.6 Å². The van der Waals surface area contributed by atoms with E-state index in [4.69, 9.17) is 16.3 Å². The molecule has 1 amide bonds. The Hall–Kier alpha value is -1.60. The quantitative estimate of drug-likeness (QED) is 0.499.